The van der Waals surface area contributed by atoms with Crippen LogP contribution in [-0.2, 0) is 14.3 Å². The molecule has 0 aliphatic rings. The summed E-state index contributed by atoms with van der Waals surface area (Å²) in [4.78, 5) is 23.6. The van der Waals surface area contributed by atoms with Crippen LogP contribution in [0.3, 0.4) is 0 Å². The number of carboxylic acid groups (broad SMARTS) is 1. The largest absolute Gasteiger partial charge is 0.480 e. The first-order valence-corrected chi connectivity index (χ1v) is 5.28. The summed E-state index contributed by atoms with van der Waals surface area (Å²) < 4.78 is 4.82. The van der Waals surface area contributed by atoms with Crippen LogP contribution < -0.4 is 5.73 Å². The van der Waals surface area contributed by atoms with Crippen molar-refractivity contribution < 1.29 is 19.4 Å². The van der Waals surface area contributed by atoms with Gasteiger partial charge in [-0.1, -0.05) is 6.92 Å². The van der Waals surface area contributed by atoms with E-state index in [4.69, 9.17) is 15.6 Å². The fourth-order valence-corrected chi connectivity index (χ4v) is 1.30. The average Bonchev–Trinajstić information content (AvgIpc) is 2.23. The van der Waals surface area contributed by atoms with Crippen molar-refractivity contribution in [1.82, 2.24) is 4.90 Å². The Balaban J connectivity index is 4.29. The maximum atomic E-state index is 11.8. The van der Waals surface area contributed by atoms with E-state index in [2.05, 4.69) is 0 Å². The lowest BCUT2D eigenvalue weighted by Crippen LogP contribution is -2.46. The Bertz CT molecular complexity index is 233. The van der Waals surface area contributed by atoms with Crippen molar-refractivity contribution in [2.45, 2.75) is 25.8 Å². The first-order chi connectivity index (χ1) is 7.52. The van der Waals surface area contributed by atoms with Gasteiger partial charge in [-0.3, -0.25) is 9.59 Å². The van der Waals surface area contributed by atoms with Gasteiger partial charge in [0, 0.05) is 20.3 Å². The second-order valence-corrected chi connectivity index (χ2v) is 3.54. The third kappa shape index (κ3) is 5.67. The molecule has 0 rings (SSSR count). The summed E-state index contributed by atoms with van der Waals surface area (Å²) in [6.45, 7) is 2.38. The Kier molecular flexibility index (Phi) is 7.49. The monoisotopic (exact) mass is 232 g/mol. The molecule has 6 nitrogen and oxygen atoms in total. The van der Waals surface area contributed by atoms with E-state index in [-0.39, 0.29) is 12.5 Å². The molecule has 0 aromatic rings. The predicted molar refractivity (Wildman–Crippen MR) is 59.0 cm³/mol. The van der Waals surface area contributed by atoms with Crippen LogP contribution in [0.2, 0.25) is 0 Å². The van der Waals surface area contributed by atoms with Gasteiger partial charge in [-0.2, -0.15) is 0 Å². The van der Waals surface area contributed by atoms with E-state index < -0.39 is 12.0 Å². The Morgan fingerprint density at radius 1 is 1.50 bits per heavy atom. The summed E-state index contributed by atoms with van der Waals surface area (Å²) in [6.07, 6.45) is 1.10. The summed E-state index contributed by atoms with van der Waals surface area (Å²) >= 11 is 0. The van der Waals surface area contributed by atoms with Gasteiger partial charge in [0.15, 0.2) is 0 Å². The number of carboxylic acids is 1. The van der Waals surface area contributed by atoms with Crippen molar-refractivity contribution in [3.8, 4) is 0 Å². The van der Waals surface area contributed by atoms with E-state index in [1.165, 1.54) is 12.0 Å². The number of rotatable bonds is 8. The van der Waals surface area contributed by atoms with Gasteiger partial charge in [0.2, 0.25) is 5.91 Å². The number of methoxy groups -OCH3 is 1. The molecule has 16 heavy (non-hydrogen) atoms. The first-order valence-electron chi connectivity index (χ1n) is 5.28. The topological polar surface area (TPSA) is 92.9 Å². The van der Waals surface area contributed by atoms with Gasteiger partial charge in [-0.15, -0.1) is 0 Å². The van der Waals surface area contributed by atoms with E-state index in [9.17, 15) is 9.59 Å². The van der Waals surface area contributed by atoms with Gasteiger partial charge in [-0.05, 0) is 12.8 Å². The molecule has 94 valence electrons. The number of hydrogen-bond donors (Lipinski definition) is 2. The number of carbonyl (C=O) groups excluding carboxylic acids is 1. The molecule has 1 unspecified atom stereocenters. The molecule has 1 amide bonds. The SMILES string of the molecule is CCCN(CC(=O)O)C(=O)C(N)CCOC. The lowest BCUT2D eigenvalue weighted by molar-refractivity contribution is -0.145. The Morgan fingerprint density at radius 2 is 2.12 bits per heavy atom. The molecule has 0 bridgehead atoms. The minimum atomic E-state index is -1.03. The van der Waals surface area contributed by atoms with E-state index in [0.29, 0.717) is 26.0 Å². The van der Waals surface area contributed by atoms with E-state index in [0.717, 1.165) is 0 Å². The average molecular weight is 232 g/mol. The fourth-order valence-electron chi connectivity index (χ4n) is 1.30. The molecule has 0 aromatic heterocycles. The van der Waals surface area contributed by atoms with Crippen LogP contribution in [0.5, 0.6) is 0 Å². The second-order valence-electron chi connectivity index (χ2n) is 3.54. The quantitative estimate of drug-likeness (QED) is 0.598. The van der Waals surface area contributed by atoms with Gasteiger partial charge >= 0.3 is 5.97 Å². The molecule has 0 aliphatic carbocycles. The molecule has 0 spiro atoms. The number of amides is 1. The van der Waals surface area contributed by atoms with Gasteiger partial charge in [-0.25, -0.2) is 0 Å². The normalized spacial score (nSPS) is 12.2. The third-order valence-corrected chi connectivity index (χ3v) is 2.08. The number of aliphatic carboxylic acids is 1. The van der Waals surface area contributed by atoms with Crippen molar-refractivity contribution in [1.29, 1.82) is 0 Å². The van der Waals surface area contributed by atoms with Crippen LogP contribution in [0.1, 0.15) is 19.8 Å². The third-order valence-electron chi connectivity index (χ3n) is 2.08. The maximum absolute atomic E-state index is 11.8. The molecule has 0 heterocycles. The van der Waals surface area contributed by atoms with Crippen molar-refractivity contribution in [3.05, 3.63) is 0 Å². The van der Waals surface area contributed by atoms with Crippen LogP contribution in [-0.4, -0.2) is 54.7 Å². The van der Waals surface area contributed by atoms with Gasteiger partial charge in [0.1, 0.15) is 6.54 Å². The highest BCUT2D eigenvalue weighted by atomic mass is 16.5. The van der Waals surface area contributed by atoms with Crippen molar-refractivity contribution in [2.24, 2.45) is 5.73 Å². The number of hydrogen-bond acceptors (Lipinski definition) is 4. The number of carbonyl (C=O) groups is 2. The summed E-state index contributed by atoms with van der Waals surface area (Å²) in [5.74, 6) is -1.36. The minimum absolute atomic E-state index is 0.298. The molecule has 3 N–H and O–H groups in total. The van der Waals surface area contributed by atoms with E-state index in [1.807, 2.05) is 6.92 Å². The molecule has 0 radical (unpaired) electrons. The van der Waals surface area contributed by atoms with Gasteiger partial charge < -0.3 is 20.5 Å². The molecule has 0 fully saturated rings. The first kappa shape index (κ1) is 14.9. The van der Waals surface area contributed by atoms with Crippen molar-refractivity contribution >= 4 is 11.9 Å². The molecule has 0 aromatic carbocycles. The van der Waals surface area contributed by atoms with E-state index >= 15 is 0 Å². The standard InChI is InChI=1S/C10H20N2O4/c1-3-5-12(7-9(13)14)10(15)8(11)4-6-16-2/h8H,3-7,11H2,1-2H3,(H,13,14). The molecule has 0 aliphatic heterocycles. The van der Waals surface area contributed by atoms with Crippen LogP contribution in [0.15, 0.2) is 0 Å². The van der Waals surface area contributed by atoms with E-state index in [1.54, 1.807) is 0 Å². The van der Waals surface area contributed by atoms with Crippen molar-refractivity contribution in [2.75, 3.05) is 26.8 Å². The molecule has 6 heteroatoms. The Morgan fingerprint density at radius 3 is 2.56 bits per heavy atom. The minimum Gasteiger partial charge on any atom is -0.480 e. The lowest BCUT2D eigenvalue weighted by atomic mass is 10.2. The van der Waals surface area contributed by atoms with Crippen LogP contribution >= 0.6 is 0 Å². The second kappa shape index (κ2) is 8.06. The summed E-state index contributed by atoms with van der Waals surface area (Å²) in [5, 5.41) is 8.66. The highest BCUT2D eigenvalue weighted by Crippen LogP contribution is 1.99. The van der Waals surface area contributed by atoms with Crippen LogP contribution in [0.25, 0.3) is 0 Å². The molecule has 0 saturated carbocycles. The summed E-state index contributed by atoms with van der Waals surface area (Å²) in [5.41, 5.74) is 5.65. The predicted octanol–water partition coefficient (Wildman–Crippen LogP) is -0.327. The molecular weight excluding hydrogens is 212 g/mol. The zero-order valence-electron chi connectivity index (χ0n) is 9.81. The lowest BCUT2D eigenvalue weighted by Gasteiger charge is -2.23. The fraction of sp³-hybridized carbons (Fsp3) is 0.800. The summed E-state index contributed by atoms with van der Waals surface area (Å²) in [7, 11) is 1.53. The van der Waals surface area contributed by atoms with Crippen LogP contribution in [0.4, 0.5) is 0 Å². The molecular formula is C10H20N2O4. The highest BCUT2D eigenvalue weighted by molar-refractivity contribution is 5.85. The highest BCUT2D eigenvalue weighted by Gasteiger charge is 2.21. The summed E-state index contributed by atoms with van der Waals surface area (Å²) in [6, 6.07) is -0.689. The van der Waals surface area contributed by atoms with Crippen LogP contribution in [0, 0.1) is 0 Å². The Hall–Kier alpha value is -1.14. The van der Waals surface area contributed by atoms with Gasteiger partial charge in [0.05, 0.1) is 6.04 Å². The zero-order chi connectivity index (χ0) is 12.6. The smallest absolute Gasteiger partial charge is 0.323 e. The Labute approximate surface area is 95.4 Å². The maximum Gasteiger partial charge on any atom is 0.323 e. The molecule has 1 atom stereocenters. The number of ether oxygens (including phenoxy) is 1. The number of nitrogens with zero attached hydrogens (tertiary/aromatic N) is 1. The zero-order valence-corrected chi connectivity index (χ0v) is 9.81. The molecule has 0 saturated heterocycles. The van der Waals surface area contributed by atoms with Crippen molar-refractivity contribution in [3.63, 3.8) is 0 Å². The number of nitrogens with two attached hydrogens (primary N) is 1. The van der Waals surface area contributed by atoms with Gasteiger partial charge in [0.25, 0.3) is 0 Å².